The number of benzene rings is 1. The molecule has 1 aliphatic heterocycles. The van der Waals surface area contributed by atoms with Gasteiger partial charge in [0.15, 0.2) is 0 Å². The van der Waals surface area contributed by atoms with Crippen molar-refractivity contribution in [2.45, 2.75) is 58.9 Å². The number of ether oxygens (including phenoxy) is 1. The van der Waals surface area contributed by atoms with Gasteiger partial charge >= 0.3 is 0 Å². The van der Waals surface area contributed by atoms with Crippen molar-refractivity contribution in [2.24, 2.45) is 11.8 Å². The number of methoxy groups -OCH3 is 1. The van der Waals surface area contributed by atoms with E-state index in [-0.39, 0.29) is 17.9 Å². The molecule has 1 aromatic carbocycles. The monoisotopic (exact) mass is 471 g/mol. The normalized spacial score (nSPS) is 15.5. The lowest BCUT2D eigenvalue weighted by Gasteiger charge is -2.40. The molecule has 0 unspecified atom stereocenters. The number of thiazole rings is 1. The minimum absolute atomic E-state index is 0.0989. The van der Waals surface area contributed by atoms with Gasteiger partial charge in [-0.05, 0) is 55.7 Å². The summed E-state index contributed by atoms with van der Waals surface area (Å²) >= 11 is 1.58. The smallest absolute Gasteiger partial charge is 0.228 e. The van der Waals surface area contributed by atoms with Gasteiger partial charge in [-0.3, -0.25) is 9.59 Å². The van der Waals surface area contributed by atoms with Gasteiger partial charge in [-0.15, -0.1) is 11.3 Å². The minimum atomic E-state index is 0.0989. The summed E-state index contributed by atoms with van der Waals surface area (Å²) in [6, 6.07) is 8.21. The standard InChI is InChI=1S/C26H37N3O3S/c1-18(2)13-25(30)28(4)24(15-20-7-6-8-23(14-20)32-5)21-9-11-29(12-10-21)26(31)16-22-17-33-19(3)27-22/h6-8,14,17-18,21,24H,9-13,15-16H2,1-5H3/t24-/m0/s1. The number of amides is 2. The van der Waals surface area contributed by atoms with Crippen molar-refractivity contribution in [1.29, 1.82) is 0 Å². The van der Waals surface area contributed by atoms with Crippen LogP contribution in [0.5, 0.6) is 5.75 Å². The molecule has 1 atom stereocenters. The van der Waals surface area contributed by atoms with E-state index in [0.717, 1.165) is 48.8 Å². The first-order valence-electron chi connectivity index (χ1n) is 11.8. The summed E-state index contributed by atoms with van der Waals surface area (Å²) in [5.41, 5.74) is 2.03. The van der Waals surface area contributed by atoms with E-state index in [2.05, 4.69) is 31.0 Å². The van der Waals surface area contributed by atoms with Crippen molar-refractivity contribution >= 4 is 23.2 Å². The van der Waals surface area contributed by atoms with E-state index in [4.69, 9.17) is 4.74 Å². The molecule has 2 aromatic rings. The van der Waals surface area contributed by atoms with Crippen molar-refractivity contribution in [1.82, 2.24) is 14.8 Å². The maximum Gasteiger partial charge on any atom is 0.228 e. The Bertz CT molecular complexity index is 934. The van der Waals surface area contributed by atoms with Crippen molar-refractivity contribution in [3.8, 4) is 5.75 Å². The number of likely N-dealkylation sites (N-methyl/N-ethyl adjacent to an activating group) is 1. The zero-order valence-electron chi connectivity index (χ0n) is 20.5. The van der Waals surface area contributed by atoms with Crippen LogP contribution in [0.2, 0.25) is 0 Å². The van der Waals surface area contributed by atoms with Gasteiger partial charge in [-0.1, -0.05) is 26.0 Å². The summed E-state index contributed by atoms with van der Waals surface area (Å²) in [6.07, 6.45) is 3.50. The molecule has 7 heteroatoms. The summed E-state index contributed by atoms with van der Waals surface area (Å²) in [5.74, 6) is 1.84. The Balaban J connectivity index is 1.68. The Labute approximate surface area is 202 Å². The van der Waals surface area contributed by atoms with Crippen LogP contribution in [0.25, 0.3) is 0 Å². The van der Waals surface area contributed by atoms with E-state index in [1.54, 1.807) is 18.4 Å². The van der Waals surface area contributed by atoms with Crippen molar-refractivity contribution in [3.05, 3.63) is 45.9 Å². The number of hydrogen-bond donors (Lipinski definition) is 0. The quantitative estimate of drug-likeness (QED) is 0.545. The van der Waals surface area contributed by atoms with Gasteiger partial charge in [0, 0.05) is 38.0 Å². The summed E-state index contributed by atoms with van der Waals surface area (Å²) < 4.78 is 5.40. The summed E-state index contributed by atoms with van der Waals surface area (Å²) in [4.78, 5) is 34.1. The number of hydrogen-bond acceptors (Lipinski definition) is 5. The van der Waals surface area contributed by atoms with Crippen molar-refractivity contribution in [2.75, 3.05) is 27.2 Å². The summed E-state index contributed by atoms with van der Waals surface area (Å²) in [7, 11) is 3.62. The molecule has 1 aliphatic rings. The number of aryl methyl sites for hydroxylation is 1. The van der Waals surface area contributed by atoms with Gasteiger partial charge in [-0.25, -0.2) is 4.98 Å². The van der Waals surface area contributed by atoms with E-state index in [9.17, 15) is 9.59 Å². The minimum Gasteiger partial charge on any atom is -0.497 e. The number of carbonyl (C=O) groups is 2. The number of rotatable bonds is 9. The molecule has 33 heavy (non-hydrogen) atoms. The molecular weight excluding hydrogens is 434 g/mol. The highest BCUT2D eigenvalue weighted by atomic mass is 32.1. The highest BCUT2D eigenvalue weighted by Gasteiger charge is 2.33. The molecule has 0 saturated carbocycles. The molecule has 1 saturated heterocycles. The van der Waals surface area contributed by atoms with Crippen LogP contribution >= 0.6 is 11.3 Å². The Hall–Kier alpha value is -2.41. The van der Waals surface area contributed by atoms with Gasteiger partial charge in [0.25, 0.3) is 0 Å². The second-order valence-corrected chi connectivity index (χ2v) is 10.5. The Morgan fingerprint density at radius 3 is 2.61 bits per heavy atom. The highest BCUT2D eigenvalue weighted by molar-refractivity contribution is 7.09. The third-order valence-corrected chi connectivity index (χ3v) is 7.31. The molecule has 6 nitrogen and oxygen atoms in total. The number of carbonyl (C=O) groups excluding carboxylic acids is 2. The van der Waals surface area contributed by atoms with Gasteiger partial charge in [0.2, 0.25) is 11.8 Å². The molecule has 0 radical (unpaired) electrons. The molecule has 0 spiro atoms. The Morgan fingerprint density at radius 2 is 2.00 bits per heavy atom. The lowest BCUT2D eigenvalue weighted by molar-refractivity contribution is -0.136. The predicted octanol–water partition coefficient (Wildman–Crippen LogP) is 4.36. The van der Waals surface area contributed by atoms with Crippen LogP contribution in [-0.4, -0.2) is 59.9 Å². The number of nitrogens with zero attached hydrogens (tertiary/aromatic N) is 3. The first kappa shape index (κ1) is 25.2. The van der Waals surface area contributed by atoms with E-state index >= 15 is 0 Å². The van der Waals surface area contributed by atoms with Gasteiger partial charge < -0.3 is 14.5 Å². The molecule has 2 heterocycles. The Kier molecular flexibility index (Phi) is 8.89. The molecule has 0 aliphatic carbocycles. The second kappa shape index (κ2) is 11.6. The van der Waals surface area contributed by atoms with Gasteiger partial charge in [0.1, 0.15) is 5.75 Å². The number of aromatic nitrogens is 1. The molecule has 3 rings (SSSR count). The highest BCUT2D eigenvalue weighted by Crippen LogP contribution is 2.28. The SMILES string of the molecule is COc1cccc(C[C@@H](C2CCN(C(=O)Cc3csc(C)n3)CC2)N(C)C(=O)CC(C)C)c1. The average Bonchev–Trinajstić information content (AvgIpc) is 3.21. The molecular formula is C26H37N3O3S. The first-order valence-corrected chi connectivity index (χ1v) is 12.7. The van der Waals surface area contributed by atoms with Crippen LogP contribution in [0.4, 0.5) is 0 Å². The van der Waals surface area contributed by atoms with Crippen molar-refractivity contribution in [3.63, 3.8) is 0 Å². The molecule has 1 fully saturated rings. The van der Waals surface area contributed by atoms with Gasteiger partial charge in [0.05, 0.1) is 24.2 Å². The van der Waals surface area contributed by atoms with Crippen LogP contribution in [0, 0.1) is 18.8 Å². The van der Waals surface area contributed by atoms with E-state index in [1.807, 2.05) is 41.3 Å². The molecule has 2 amide bonds. The number of piperidine rings is 1. The fourth-order valence-corrected chi connectivity index (χ4v) is 5.24. The molecule has 180 valence electrons. The van der Waals surface area contributed by atoms with Crippen LogP contribution in [0.15, 0.2) is 29.6 Å². The van der Waals surface area contributed by atoms with E-state index in [0.29, 0.717) is 24.7 Å². The molecule has 0 N–H and O–H groups in total. The van der Waals surface area contributed by atoms with Crippen LogP contribution in [-0.2, 0) is 22.4 Å². The summed E-state index contributed by atoms with van der Waals surface area (Å²) in [5, 5.41) is 2.96. The fourth-order valence-electron chi connectivity index (χ4n) is 4.63. The fraction of sp³-hybridized carbons (Fsp3) is 0.577. The second-order valence-electron chi connectivity index (χ2n) is 9.48. The van der Waals surface area contributed by atoms with Crippen molar-refractivity contribution < 1.29 is 14.3 Å². The molecule has 0 bridgehead atoms. The lowest BCUT2D eigenvalue weighted by atomic mass is 9.84. The zero-order chi connectivity index (χ0) is 24.0. The third kappa shape index (κ3) is 7.03. The Morgan fingerprint density at radius 1 is 1.27 bits per heavy atom. The van der Waals surface area contributed by atoms with Gasteiger partial charge in [-0.2, -0.15) is 0 Å². The van der Waals surface area contributed by atoms with Crippen LogP contribution in [0.1, 0.15) is 49.4 Å². The van der Waals surface area contributed by atoms with E-state index < -0.39 is 0 Å². The molecule has 1 aromatic heterocycles. The first-order chi connectivity index (χ1) is 15.8. The zero-order valence-corrected chi connectivity index (χ0v) is 21.4. The maximum absolute atomic E-state index is 13.0. The topological polar surface area (TPSA) is 62.7 Å². The lowest BCUT2D eigenvalue weighted by Crippen LogP contribution is -2.48. The third-order valence-electron chi connectivity index (χ3n) is 6.49. The average molecular weight is 472 g/mol. The van der Waals surface area contributed by atoms with Crippen LogP contribution < -0.4 is 4.74 Å². The van der Waals surface area contributed by atoms with E-state index in [1.165, 1.54) is 5.56 Å². The maximum atomic E-state index is 13.0. The predicted molar refractivity (Wildman–Crippen MR) is 133 cm³/mol. The number of likely N-dealkylation sites (tertiary alicyclic amines) is 1. The van der Waals surface area contributed by atoms with Crippen LogP contribution in [0.3, 0.4) is 0 Å². The largest absolute Gasteiger partial charge is 0.497 e. The summed E-state index contributed by atoms with van der Waals surface area (Å²) in [6.45, 7) is 7.58.